The molecule has 29 heavy (non-hydrogen) atoms. The summed E-state index contributed by atoms with van der Waals surface area (Å²) < 4.78 is 5.06. The first-order valence-corrected chi connectivity index (χ1v) is 10.1. The van der Waals surface area contributed by atoms with Gasteiger partial charge >= 0.3 is 5.97 Å². The Morgan fingerprint density at radius 1 is 1.07 bits per heavy atom. The number of ether oxygens (including phenoxy) is 1. The molecule has 2 heterocycles. The molecule has 0 radical (unpaired) electrons. The number of nitrogens with zero attached hydrogens (tertiary/aromatic N) is 3. The van der Waals surface area contributed by atoms with Gasteiger partial charge in [-0.05, 0) is 30.7 Å². The van der Waals surface area contributed by atoms with E-state index in [1.807, 2.05) is 49.4 Å². The Hall–Kier alpha value is -2.63. The molecule has 4 rings (SSSR count). The maximum atomic E-state index is 12.5. The van der Waals surface area contributed by atoms with Crippen LogP contribution in [0.5, 0.6) is 0 Å². The average molecular weight is 410 g/mol. The van der Waals surface area contributed by atoms with Crippen LogP contribution < -0.4 is 4.90 Å². The molecule has 0 N–H and O–H groups in total. The van der Waals surface area contributed by atoms with E-state index < -0.39 is 0 Å². The Morgan fingerprint density at radius 3 is 2.48 bits per heavy atom. The van der Waals surface area contributed by atoms with Crippen LogP contribution in [0.1, 0.15) is 21.6 Å². The highest BCUT2D eigenvalue weighted by Crippen LogP contribution is 2.28. The minimum Gasteiger partial charge on any atom is -0.465 e. The smallest absolute Gasteiger partial charge is 0.340 e. The summed E-state index contributed by atoms with van der Waals surface area (Å²) in [7, 11) is 1.42. The second-order valence-corrected chi connectivity index (χ2v) is 7.69. The number of benzene rings is 2. The topological polar surface area (TPSA) is 45.7 Å². The second-order valence-electron chi connectivity index (χ2n) is 7.28. The van der Waals surface area contributed by atoms with Gasteiger partial charge in [0.25, 0.3) is 0 Å². The molecule has 0 unspecified atom stereocenters. The number of carbonyl (C=O) groups is 1. The van der Waals surface area contributed by atoms with E-state index >= 15 is 0 Å². The summed E-state index contributed by atoms with van der Waals surface area (Å²) in [5, 5.41) is 1.76. The zero-order chi connectivity index (χ0) is 20.4. The number of fused-ring (bicyclic) bond motifs is 1. The number of hydrogen-bond acceptors (Lipinski definition) is 5. The minimum absolute atomic E-state index is 0.328. The number of methoxy groups -OCH3 is 1. The molecule has 1 aromatic heterocycles. The molecule has 2 aromatic carbocycles. The summed E-state index contributed by atoms with van der Waals surface area (Å²) in [5.41, 5.74) is 4.26. The third-order valence-electron chi connectivity index (χ3n) is 5.56. The predicted octanol–water partition coefficient (Wildman–Crippen LogP) is 4.31. The number of pyridine rings is 1. The van der Waals surface area contributed by atoms with E-state index in [0.717, 1.165) is 59.0 Å². The molecule has 0 saturated carbocycles. The zero-order valence-electron chi connectivity index (χ0n) is 16.7. The van der Waals surface area contributed by atoms with Crippen LogP contribution in [0.2, 0.25) is 5.02 Å². The number of aromatic nitrogens is 1. The summed E-state index contributed by atoms with van der Waals surface area (Å²) in [6.07, 6.45) is 0. The van der Waals surface area contributed by atoms with Crippen LogP contribution >= 0.6 is 11.6 Å². The third kappa shape index (κ3) is 3.93. The molecule has 0 spiro atoms. The highest BCUT2D eigenvalue weighted by atomic mass is 35.5. The maximum absolute atomic E-state index is 12.5. The molecule has 6 heteroatoms. The molecule has 5 nitrogen and oxygen atoms in total. The molecular formula is C23H24ClN3O2. The Labute approximate surface area is 175 Å². The van der Waals surface area contributed by atoms with E-state index in [0.29, 0.717) is 12.1 Å². The lowest BCUT2D eigenvalue weighted by Crippen LogP contribution is -2.46. The summed E-state index contributed by atoms with van der Waals surface area (Å²) in [6, 6.07) is 15.9. The van der Waals surface area contributed by atoms with Gasteiger partial charge in [0.05, 0.1) is 34.6 Å². The van der Waals surface area contributed by atoms with Crippen molar-refractivity contribution in [2.24, 2.45) is 0 Å². The van der Waals surface area contributed by atoms with Gasteiger partial charge in [0, 0.05) is 38.1 Å². The molecule has 0 amide bonds. The first kappa shape index (κ1) is 19.7. The molecule has 1 aliphatic heterocycles. The Kier molecular flexibility index (Phi) is 5.69. The van der Waals surface area contributed by atoms with Crippen molar-refractivity contribution in [2.75, 3.05) is 38.2 Å². The van der Waals surface area contributed by atoms with E-state index in [9.17, 15) is 4.79 Å². The van der Waals surface area contributed by atoms with Gasteiger partial charge in [0.2, 0.25) is 0 Å². The van der Waals surface area contributed by atoms with Gasteiger partial charge in [-0.15, -0.1) is 0 Å². The van der Waals surface area contributed by atoms with Crippen molar-refractivity contribution in [3.63, 3.8) is 0 Å². The Morgan fingerprint density at radius 2 is 1.76 bits per heavy atom. The van der Waals surface area contributed by atoms with Gasteiger partial charge in [-0.25, -0.2) is 4.79 Å². The Bertz CT molecular complexity index is 1050. The number of esters is 1. The fraction of sp³-hybridized carbons (Fsp3) is 0.304. The van der Waals surface area contributed by atoms with Gasteiger partial charge in [0.15, 0.2) is 0 Å². The van der Waals surface area contributed by atoms with E-state index in [1.54, 1.807) is 0 Å². The third-order valence-corrected chi connectivity index (χ3v) is 5.87. The van der Waals surface area contributed by atoms with E-state index in [2.05, 4.69) is 15.9 Å². The minimum atomic E-state index is -0.328. The van der Waals surface area contributed by atoms with Crippen molar-refractivity contribution >= 4 is 34.2 Å². The lowest BCUT2D eigenvalue weighted by atomic mass is 10.0. The van der Waals surface area contributed by atoms with E-state index in [4.69, 9.17) is 21.3 Å². The number of aryl methyl sites for hydroxylation is 1. The molecule has 0 atom stereocenters. The summed E-state index contributed by atoms with van der Waals surface area (Å²) in [5.74, 6) is -0.328. The SMILES string of the molecule is COC(=O)c1c(CN2CCN(c3ccccc3Cl)CC2)nc2ccccc2c1C. The summed E-state index contributed by atoms with van der Waals surface area (Å²) in [6.45, 7) is 6.09. The first-order valence-electron chi connectivity index (χ1n) is 9.77. The number of anilines is 1. The fourth-order valence-electron chi connectivity index (χ4n) is 3.99. The highest BCUT2D eigenvalue weighted by Gasteiger charge is 2.24. The zero-order valence-corrected chi connectivity index (χ0v) is 17.4. The summed E-state index contributed by atoms with van der Waals surface area (Å²) >= 11 is 6.35. The second kappa shape index (κ2) is 8.39. The molecule has 0 bridgehead atoms. The van der Waals surface area contributed by atoms with Crippen LogP contribution in [0.3, 0.4) is 0 Å². The van der Waals surface area contributed by atoms with Gasteiger partial charge in [-0.1, -0.05) is 41.9 Å². The van der Waals surface area contributed by atoms with Crippen molar-refractivity contribution in [1.29, 1.82) is 0 Å². The van der Waals surface area contributed by atoms with Crippen molar-refractivity contribution in [2.45, 2.75) is 13.5 Å². The molecule has 3 aromatic rings. The van der Waals surface area contributed by atoms with Gasteiger partial charge < -0.3 is 9.64 Å². The van der Waals surface area contributed by atoms with Crippen molar-refractivity contribution in [1.82, 2.24) is 9.88 Å². The number of para-hydroxylation sites is 2. The van der Waals surface area contributed by atoms with Crippen molar-refractivity contribution in [3.8, 4) is 0 Å². The van der Waals surface area contributed by atoms with Crippen LogP contribution in [-0.2, 0) is 11.3 Å². The Balaban J connectivity index is 1.57. The van der Waals surface area contributed by atoms with Gasteiger partial charge in [0.1, 0.15) is 0 Å². The molecule has 0 aliphatic carbocycles. The summed E-state index contributed by atoms with van der Waals surface area (Å²) in [4.78, 5) is 22.0. The van der Waals surface area contributed by atoms with Crippen LogP contribution in [-0.4, -0.2) is 49.1 Å². The van der Waals surface area contributed by atoms with Crippen LogP contribution in [0, 0.1) is 6.92 Å². The number of halogens is 1. The normalized spacial score (nSPS) is 14.9. The first-order chi connectivity index (χ1) is 14.1. The quantitative estimate of drug-likeness (QED) is 0.601. The highest BCUT2D eigenvalue weighted by molar-refractivity contribution is 6.33. The van der Waals surface area contributed by atoms with Crippen molar-refractivity contribution in [3.05, 3.63) is 70.4 Å². The van der Waals surface area contributed by atoms with Gasteiger partial charge in [-0.3, -0.25) is 9.88 Å². The lowest BCUT2D eigenvalue weighted by molar-refractivity contribution is 0.0596. The van der Waals surface area contributed by atoms with Crippen LogP contribution in [0.15, 0.2) is 48.5 Å². The molecule has 150 valence electrons. The van der Waals surface area contributed by atoms with E-state index in [-0.39, 0.29) is 5.97 Å². The van der Waals surface area contributed by atoms with Crippen molar-refractivity contribution < 1.29 is 9.53 Å². The molecule has 1 saturated heterocycles. The fourth-order valence-corrected chi connectivity index (χ4v) is 4.25. The largest absolute Gasteiger partial charge is 0.465 e. The maximum Gasteiger partial charge on any atom is 0.340 e. The lowest BCUT2D eigenvalue weighted by Gasteiger charge is -2.36. The number of hydrogen-bond donors (Lipinski definition) is 0. The molecule has 1 aliphatic rings. The van der Waals surface area contributed by atoms with Crippen LogP contribution in [0.25, 0.3) is 10.9 Å². The average Bonchev–Trinajstić information content (AvgIpc) is 2.74. The number of rotatable bonds is 4. The van der Waals surface area contributed by atoms with Crippen LogP contribution in [0.4, 0.5) is 5.69 Å². The predicted molar refractivity (Wildman–Crippen MR) is 117 cm³/mol. The number of carbonyl (C=O) groups excluding carboxylic acids is 1. The molecular weight excluding hydrogens is 386 g/mol. The van der Waals surface area contributed by atoms with E-state index in [1.165, 1.54) is 7.11 Å². The number of piperazine rings is 1. The monoisotopic (exact) mass is 409 g/mol. The standard InChI is InChI=1S/C23H24ClN3O2/c1-16-17-7-3-5-9-19(17)25-20(22(16)23(28)29-2)15-26-11-13-27(14-12-26)21-10-6-4-8-18(21)24/h3-10H,11-15H2,1-2H3. The molecule has 1 fully saturated rings. The van der Waals surface area contributed by atoms with Gasteiger partial charge in [-0.2, -0.15) is 0 Å².